The minimum Gasteiger partial charge on any atom is -0.378 e. The van der Waals surface area contributed by atoms with Crippen molar-refractivity contribution in [3.63, 3.8) is 0 Å². The van der Waals surface area contributed by atoms with Gasteiger partial charge in [-0.3, -0.25) is 10.7 Å². The van der Waals surface area contributed by atoms with E-state index in [1.165, 1.54) is 0 Å². The fraction of sp³-hybridized carbons (Fsp3) is 0.222. The van der Waals surface area contributed by atoms with Gasteiger partial charge in [-0.15, -0.1) is 0 Å². The summed E-state index contributed by atoms with van der Waals surface area (Å²) in [5, 5.41) is 14.0. The normalized spacial score (nSPS) is 14.8. The first-order valence-corrected chi connectivity index (χ1v) is 8.06. The molecule has 0 unspecified atom stereocenters. The molecule has 0 atom stereocenters. The van der Waals surface area contributed by atoms with Gasteiger partial charge in [0.1, 0.15) is 5.82 Å². The maximum Gasteiger partial charge on any atom is 0.133 e. The lowest BCUT2D eigenvalue weighted by Gasteiger charge is -2.29. The Morgan fingerprint density at radius 1 is 1.00 bits per heavy atom. The third-order valence-electron chi connectivity index (χ3n) is 4.29. The van der Waals surface area contributed by atoms with Gasteiger partial charge < -0.3 is 19.9 Å². The second kappa shape index (κ2) is 6.43. The predicted molar refractivity (Wildman–Crippen MR) is 96.5 cm³/mol. The van der Waals surface area contributed by atoms with Gasteiger partial charge in [0, 0.05) is 18.8 Å². The van der Waals surface area contributed by atoms with E-state index < -0.39 is 0 Å². The van der Waals surface area contributed by atoms with Gasteiger partial charge in [-0.05, 0) is 24.3 Å². The highest BCUT2D eigenvalue weighted by molar-refractivity contribution is 6.08. The number of nitrogens with zero attached hydrogens (tertiary/aromatic N) is 1. The predicted octanol–water partition coefficient (Wildman–Crippen LogP) is 3.55. The number of rotatable bonds is 4. The van der Waals surface area contributed by atoms with E-state index in [0.29, 0.717) is 18.9 Å². The van der Waals surface area contributed by atoms with E-state index in [0.717, 1.165) is 41.2 Å². The molecule has 24 heavy (non-hydrogen) atoms. The minimum atomic E-state index is 0.686. The molecule has 0 spiro atoms. The van der Waals surface area contributed by atoms with Crippen LogP contribution in [0.15, 0.2) is 48.5 Å². The highest BCUT2D eigenvalue weighted by atomic mass is 16.5. The summed E-state index contributed by atoms with van der Waals surface area (Å²) in [7, 11) is 0. The smallest absolute Gasteiger partial charge is 0.133 e. The van der Waals surface area contributed by atoms with Gasteiger partial charge in [0.25, 0.3) is 0 Å². The molecule has 4 N–H and O–H groups in total. The maximum atomic E-state index is 9.53. The summed E-state index contributed by atoms with van der Waals surface area (Å²) in [6.45, 7) is 3.03. The number of benzene rings is 2. The van der Waals surface area contributed by atoms with Gasteiger partial charge in [0.15, 0.2) is 0 Å². The number of aromatic nitrogens is 1. The molecular formula is C18H20N4O2. The first-order chi connectivity index (χ1) is 11.9. The lowest BCUT2D eigenvalue weighted by Crippen LogP contribution is -2.36. The molecule has 124 valence electrons. The third-order valence-corrected chi connectivity index (χ3v) is 4.29. The third kappa shape index (κ3) is 2.66. The van der Waals surface area contributed by atoms with Gasteiger partial charge in [-0.1, -0.05) is 24.3 Å². The molecule has 3 aromatic rings. The van der Waals surface area contributed by atoms with Crippen LogP contribution >= 0.6 is 0 Å². The van der Waals surface area contributed by atoms with Crippen molar-refractivity contribution in [3.05, 3.63) is 48.5 Å². The fourth-order valence-electron chi connectivity index (χ4n) is 3.18. The van der Waals surface area contributed by atoms with Crippen LogP contribution in [0.3, 0.4) is 0 Å². The van der Waals surface area contributed by atoms with E-state index in [-0.39, 0.29) is 0 Å². The highest BCUT2D eigenvalue weighted by Gasteiger charge is 2.22. The van der Waals surface area contributed by atoms with Crippen LogP contribution in [0, 0.1) is 0 Å². The summed E-state index contributed by atoms with van der Waals surface area (Å²) >= 11 is 0. The summed E-state index contributed by atoms with van der Waals surface area (Å²) in [5.41, 5.74) is 6.04. The lowest BCUT2D eigenvalue weighted by atomic mass is 10.1. The molecular weight excluding hydrogens is 304 g/mol. The summed E-state index contributed by atoms with van der Waals surface area (Å²) < 4.78 is 5.49. The molecule has 0 saturated carbocycles. The molecule has 2 heterocycles. The van der Waals surface area contributed by atoms with Gasteiger partial charge in [-0.2, -0.15) is 0 Å². The zero-order valence-corrected chi connectivity index (χ0v) is 13.2. The quantitative estimate of drug-likeness (QED) is 0.552. The first-order valence-electron chi connectivity index (χ1n) is 8.06. The van der Waals surface area contributed by atoms with Crippen molar-refractivity contribution in [2.24, 2.45) is 0 Å². The van der Waals surface area contributed by atoms with Crippen LogP contribution in [0.2, 0.25) is 0 Å². The standard InChI is InChI=1S/C18H20N4O2/c23-21-15-8-4-7-14-16(15)17(22-9-11-24-12-10-22)18(20-14)19-13-5-2-1-3-6-13/h1-8,19-21,23H,9-12H2. The Hall–Kier alpha value is -2.70. The molecule has 6 nitrogen and oxygen atoms in total. The monoisotopic (exact) mass is 324 g/mol. The van der Waals surface area contributed by atoms with Gasteiger partial charge in [0.2, 0.25) is 0 Å². The Balaban J connectivity index is 1.85. The van der Waals surface area contributed by atoms with Gasteiger partial charge in [0.05, 0.1) is 35.5 Å². The number of ether oxygens (including phenoxy) is 1. The van der Waals surface area contributed by atoms with Gasteiger partial charge >= 0.3 is 0 Å². The van der Waals surface area contributed by atoms with Crippen molar-refractivity contribution in [1.29, 1.82) is 0 Å². The lowest BCUT2D eigenvalue weighted by molar-refractivity contribution is 0.123. The molecule has 1 aliphatic rings. The van der Waals surface area contributed by atoms with Crippen molar-refractivity contribution in [2.45, 2.75) is 0 Å². The topological polar surface area (TPSA) is 72.5 Å². The maximum absolute atomic E-state index is 9.53. The van der Waals surface area contributed by atoms with Crippen molar-refractivity contribution in [2.75, 3.05) is 42.0 Å². The van der Waals surface area contributed by atoms with Crippen molar-refractivity contribution in [1.82, 2.24) is 4.98 Å². The summed E-state index contributed by atoms with van der Waals surface area (Å²) in [6, 6.07) is 15.8. The van der Waals surface area contributed by atoms with Crippen LogP contribution in [0.25, 0.3) is 10.9 Å². The van der Waals surface area contributed by atoms with Gasteiger partial charge in [-0.25, -0.2) is 0 Å². The van der Waals surface area contributed by atoms with Crippen LogP contribution in [0.5, 0.6) is 0 Å². The van der Waals surface area contributed by atoms with E-state index in [9.17, 15) is 5.21 Å². The Morgan fingerprint density at radius 2 is 1.79 bits per heavy atom. The van der Waals surface area contributed by atoms with E-state index in [1.54, 1.807) is 0 Å². The molecule has 0 radical (unpaired) electrons. The number of morpholine rings is 1. The number of hydrogen-bond acceptors (Lipinski definition) is 5. The van der Waals surface area contributed by atoms with Crippen LogP contribution in [-0.4, -0.2) is 36.5 Å². The Kier molecular flexibility index (Phi) is 3.98. The molecule has 0 amide bonds. The molecule has 0 bridgehead atoms. The van der Waals surface area contributed by atoms with E-state index in [2.05, 4.69) is 20.7 Å². The summed E-state index contributed by atoms with van der Waals surface area (Å²) in [4.78, 5) is 5.73. The van der Waals surface area contributed by atoms with E-state index in [4.69, 9.17) is 4.74 Å². The van der Waals surface area contributed by atoms with Crippen molar-refractivity contribution >= 4 is 33.8 Å². The SMILES string of the molecule is ONc1cccc2[nH]c(Nc3ccccc3)c(N3CCOCC3)c12. The molecule has 1 aromatic heterocycles. The largest absolute Gasteiger partial charge is 0.378 e. The number of hydrogen-bond donors (Lipinski definition) is 4. The number of H-pyrrole nitrogens is 1. The fourth-order valence-corrected chi connectivity index (χ4v) is 3.18. The average Bonchev–Trinajstić information content (AvgIpc) is 3.01. The molecule has 2 aromatic carbocycles. The zero-order chi connectivity index (χ0) is 16.4. The Morgan fingerprint density at radius 3 is 2.54 bits per heavy atom. The highest BCUT2D eigenvalue weighted by Crippen LogP contribution is 2.40. The van der Waals surface area contributed by atoms with Crippen LogP contribution in [0.4, 0.5) is 22.9 Å². The van der Waals surface area contributed by atoms with Crippen LogP contribution in [-0.2, 0) is 4.74 Å². The molecule has 4 rings (SSSR count). The average molecular weight is 324 g/mol. The van der Waals surface area contributed by atoms with Crippen LogP contribution < -0.4 is 15.7 Å². The summed E-state index contributed by atoms with van der Waals surface area (Å²) in [6.07, 6.45) is 0. The molecule has 1 aliphatic heterocycles. The van der Waals surface area contributed by atoms with Crippen LogP contribution in [0.1, 0.15) is 0 Å². The number of para-hydroxylation sites is 1. The van der Waals surface area contributed by atoms with Crippen molar-refractivity contribution in [3.8, 4) is 0 Å². The van der Waals surface area contributed by atoms with E-state index in [1.807, 2.05) is 48.5 Å². The number of fused-ring (bicyclic) bond motifs is 1. The zero-order valence-electron chi connectivity index (χ0n) is 13.2. The molecule has 1 fully saturated rings. The number of nitrogens with one attached hydrogen (secondary N) is 3. The second-order valence-electron chi connectivity index (χ2n) is 5.78. The Labute approximate surface area is 140 Å². The first kappa shape index (κ1) is 14.9. The Bertz CT molecular complexity index is 826. The number of aromatic amines is 1. The number of anilines is 4. The summed E-state index contributed by atoms with van der Waals surface area (Å²) in [5.74, 6) is 0.917. The second-order valence-corrected chi connectivity index (χ2v) is 5.78. The van der Waals surface area contributed by atoms with E-state index >= 15 is 0 Å². The molecule has 6 heteroatoms. The molecule has 1 saturated heterocycles. The molecule has 0 aliphatic carbocycles. The van der Waals surface area contributed by atoms with Crippen molar-refractivity contribution < 1.29 is 9.94 Å². The minimum absolute atomic E-state index is 0.686.